The van der Waals surface area contributed by atoms with Crippen molar-refractivity contribution < 1.29 is 17.9 Å². The van der Waals surface area contributed by atoms with Crippen molar-refractivity contribution in [3.63, 3.8) is 0 Å². The molecule has 1 N–H and O–H groups in total. The maximum absolute atomic E-state index is 12.1. The number of methoxy groups -OCH3 is 1. The van der Waals surface area contributed by atoms with E-state index in [0.29, 0.717) is 5.02 Å². The summed E-state index contributed by atoms with van der Waals surface area (Å²) in [5.41, 5.74) is 0. The highest BCUT2D eigenvalue weighted by Crippen LogP contribution is 2.15. The highest BCUT2D eigenvalue weighted by atomic mass is 35.5. The minimum atomic E-state index is -3.79. The van der Waals surface area contributed by atoms with Crippen LogP contribution in [0.1, 0.15) is 13.8 Å². The lowest BCUT2D eigenvalue weighted by molar-refractivity contribution is -0.143. The van der Waals surface area contributed by atoms with Crippen molar-refractivity contribution >= 4 is 27.6 Å². The summed E-state index contributed by atoms with van der Waals surface area (Å²) in [6, 6.07) is 4.77. The maximum atomic E-state index is 12.1. The van der Waals surface area contributed by atoms with E-state index in [-0.39, 0.29) is 10.8 Å². The SMILES string of the molecule is COC(=O)[C@@H](NS(=O)(=O)c1ccc(Cl)cc1)C(C)C. The first-order valence-corrected chi connectivity index (χ1v) is 7.49. The molecular weight excluding hydrogens is 290 g/mol. The Morgan fingerprint density at radius 1 is 1.26 bits per heavy atom. The van der Waals surface area contributed by atoms with Crippen LogP contribution in [0.4, 0.5) is 0 Å². The third-order valence-corrected chi connectivity index (χ3v) is 4.24. The Hall–Kier alpha value is -1.11. The van der Waals surface area contributed by atoms with Gasteiger partial charge in [0.15, 0.2) is 0 Å². The second-order valence-electron chi connectivity index (χ2n) is 4.32. The molecule has 0 unspecified atom stereocenters. The number of halogens is 1. The van der Waals surface area contributed by atoms with Gasteiger partial charge in [0.05, 0.1) is 12.0 Å². The number of hydrogen-bond donors (Lipinski definition) is 1. The van der Waals surface area contributed by atoms with E-state index in [0.717, 1.165) is 0 Å². The van der Waals surface area contributed by atoms with E-state index >= 15 is 0 Å². The van der Waals surface area contributed by atoms with Gasteiger partial charge in [0.1, 0.15) is 6.04 Å². The van der Waals surface area contributed by atoms with Crippen LogP contribution in [0, 0.1) is 5.92 Å². The highest BCUT2D eigenvalue weighted by molar-refractivity contribution is 7.89. The summed E-state index contributed by atoms with van der Waals surface area (Å²) in [6.45, 7) is 3.46. The fourth-order valence-corrected chi connectivity index (χ4v) is 2.89. The Labute approximate surface area is 118 Å². The number of ether oxygens (including phenoxy) is 1. The van der Waals surface area contributed by atoms with Gasteiger partial charge in [-0.25, -0.2) is 8.42 Å². The molecule has 106 valence electrons. The molecule has 19 heavy (non-hydrogen) atoms. The van der Waals surface area contributed by atoms with E-state index in [4.69, 9.17) is 11.6 Å². The molecule has 1 rings (SSSR count). The van der Waals surface area contributed by atoms with Gasteiger partial charge in [-0.1, -0.05) is 25.4 Å². The Morgan fingerprint density at radius 2 is 1.79 bits per heavy atom. The van der Waals surface area contributed by atoms with Gasteiger partial charge in [-0.3, -0.25) is 4.79 Å². The fraction of sp³-hybridized carbons (Fsp3) is 0.417. The molecule has 0 radical (unpaired) electrons. The minimum Gasteiger partial charge on any atom is -0.468 e. The molecule has 0 saturated heterocycles. The van der Waals surface area contributed by atoms with Crippen molar-refractivity contribution in [1.29, 1.82) is 0 Å². The smallest absolute Gasteiger partial charge is 0.324 e. The van der Waals surface area contributed by atoms with Crippen molar-refractivity contribution in [1.82, 2.24) is 4.72 Å². The number of rotatable bonds is 5. The van der Waals surface area contributed by atoms with Crippen LogP contribution in [0.5, 0.6) is 0 Å². The fourth-order valence-electron chi connectivity index (χ4n) is 1.43. The third kappa shape index (κ3) is 4.19. The molecule has 1 aromatic rings. The first-order valence-electron chi connectivity index (χ1n) is 5.63. The van der Waals surface area contributed by atoms with Crippen molar-refractivity contribution in [3.8, 4) is 0 Å². The summed E-state index contributed by atoms with van der Waals surface area (Å²) in [4.78, 5) is 11.6. The minimum absolute atomic E-state index is 0.0476. The lowest BCUT2D eigenvalue weighted by Crippen LogP contribution is -2.44. The molecule has 7 heteroatoms. The second-order valence-corrected chi connectivity index (χ2v) is 6.47. The topological polar surface area (TPSA) is 72.5 Å². The first-order chi connectivity index (χ1) is 8.77. The summed E-state index contributed by atoms with van der Waals surface area (Å²) in [6.07, 6.45) is 0. The van der Waals surface area contributed by atoms with E-state index in [1.807, 2.05) is 0 Å². The average Bonchev–Trinajstić information content (AvgIpc) is 2.35. The standard InChI is InChI=1S/C12H16ClNO4S/c1-8(2)11(12(15)18-3)14-19(16,17)10-6-4-9(13)5-7-10/h4-8,11,14H,1-3H3/t11-/m0/s1. The number of carbonyl (C=O) groups excluding carboxylic acids is 1. The molecular formula is C12H16ClNO4S. The van der Waals surface area contributed by atoms with E-state index in [1.54, 1.807) is 13.8 Å². The van der Waals surface area contributed by atoms with Crippen LogP contribution in [-0.2, 0) is 19.6 Å². The van der Waals surface area contributed by atoms with E-state index in [2.05, 4.69) is 9.46 Å². The van der Waals surface area contributed by atoms with Gasteiger partial charge >= 0.3 is 5.97 Å². The molecule has 0 heterocycles. The van der Waals surface area contributed by atoms with Crippen molar-refractivity contribution in [2.75, 3.05) is 7.11 Å². The zero-order valence-electron chi connectivity index (χ0n) is 10.9. The van der Waals surface area contributed by atoms with E-state index < -0.39 is 22.0 Å². The Kier molecular flexibility index (Phi) is 5.34. The number of sulfonamides is 1. The normalized spacial score (nSPS) is 13.3. The zero-order chi connectivity index (χ0) is 14.6. The molecule has 0 saturated carbocycles. The van der Waals surface area contributed by atoms with E-state index in [1.165, 1.54) is 31.4 Å². The van der Waals surface area contributed by atoms with Gasteiger partial charge in [0.2, 0.25) is 10.0 Å². The summed E-state index contributed by atoms with van der Waals surface area (Å²) in [5, 5.41) is 0.437. The quantitative estimate of drug-likeness (QED) is 0.842. The second kappa shape index (κ2) is 6.36. The highest BCUT2D eigenvalue weighted by Gasteiger charge is 2.28. The molecule has 1 atom stereocenters. The third-order valence-electron chi connectivity index (χ3n) is 2.53. The lowest BCUT2D eigenvalue weighted by Gasteiger charge is -2.19. The summed E-state index contributed by atoms with van der Waals surface area (Å²) < 4.78 is 31.2. The van der Waals surface area contributed by atoms with Crippen molar-refractivity contribution in [2.45, 2.75) is 24.8 Å². The van der Waals surface area contributed by atoms with Gasteiger partial charge < -0.3 is 4.74 Å². The predicted molar refractivity (Wildman–Crippen MR) is 72.4 cm³/mol. The monoisotopic (exact) mass is 305 g/mol. The summed E-state index contributed by atoms with van der Waals surface area (Å²) >= 11 is 5.70. The average molecular weight is 306 g/mol. The van der Waals surface area contributed by atoms with Crippen LogP contribution in [-0.4, -0.2) is 27.5 Å². The Bertz CT molecular complexity index is 539. The molecule has 0 bridgehead atoms. The molecule has 0 amide bonds. The van der Waals surface area contributed by atoms with Crippen LogP contribution in [0.25, 0.3) is 0 Å². The van der Waals surface area contributed by atoms with Crippen LogP contribution in [0.15, 0.2) is 29.2 Å². The van der Waals surface area contributed by atoms with Crippen molar-refractivity contribution in [2.24, 2.45) is 5.92 Å². The first kappa shape index (κ1) is 15.9. The van der Waals surface area contributed by atoms with Gasteiger partial charge in [0, 0.05) is 5.02 Å². The van der Waals surface area contributed by atoms with Gasteiger partial charge in [-0.05, 0) is 30.2 Å². The number of carbonyl (C=O) groups is 1. The summed E-state index contributed by atoms with van der Waals surface area (Å²) in [5.74, 6) is -0.845. The van der Waals surface area contributed by atoms with E-state index in [9.17, 15) is 13.2 Å². The molecule has 5 nitrogen and oxygen atoms in total. The molecule has 0 aliphatic heterocycles. The molecule has 0 spiro atoms. The largest absolute Gasteiger partial charge is 0.468 e. The van der Waals surface area contributed by atoms with Crippen molar-refractivity contribution in [3.05, 3.63) is 29.3 Å². The molecule has 0 aliphatic rings. The van der Waals surface area contributed by atoms with Gasteiger partial charge in [-0.2, -0.15) is 4.72 Å². The maximum Gasteiger partial charge on any atom is 0.324 e. The van der Waals surface area contributed by atoms with Crippen LogP contribution in [0.3, 0.4) is 0 Å². The Balaban J connectivity index is 3.00. The zero-order valence-corrected chi connectivity index (χ0v) is 12.5. The molecule has 0 fully saturated rings. The lowest BCUT2D eigenvalue weighted by atomic mass is 10.1. The molecule has 1 aromatic carbocycles. The van der Waals surface area contributed by atoms with Gasteiger partial charge in [-0.15, -0.1) is 0 Å². The summed E-state index contributed by atoms with van der Waals surface area (Å²) in [7, 11) is -2.57. The molecule has 0 aromatic heterocycles. The number of hydrogen-bond acceptors (Lipinski definition) is 4. The Morgan fingerprint density at radius 3 is 2.21 bits per heavy atom. The van der Waals surface area contributed by atoms with Crippen LogP contribution >= 0.6 is 11.6 Å². The van der Waals surface area contributed by atoms with Gasteiger partial charge in [0.25, 0.3) is 0 Å². The number of nitrogens with one attached hydrogen (secondary N) is 1. The predicted octanol–water partition coefficient (Wildman–Crippen LogP) is 1.82. The van der Waals surface area contributed by atoms with Crippen LogP contribution in [0.2, 0.25) is 5.02 Å². The molecule has 0 aliphatic carbocycles. The number of benzene rings is 1. The van der Waals surface area contributed by atoms with Crippen LogP contribution < -0.4 is 4.72 Å². The number of esters is 1.